The van der Waals surface area contributed by atoms with Crippen molar-refractivity contribution in [2.45, 2.75) is 38.0 Å². The van der Waals surface area contributed by atoms with E-state index in [1.54, 1.807) is 18.3 Å². The number of anilines is 2. The maximum absolute atomic E-state index is 12.8. The van der Waals surface area contributed by atoms with E-state index in [4.69, 9.17) is 0 Å². The van der Waals surface area contributed by atoms with Gasteiger partial charge in [-0.2, -0.15) is 0 Å². The Morgan fingerprint density at radius 3 is 2.64 bits per heavy atom. The largest absolute Gasteiger partial charge is 0.755 e. The summed E-state index contributed by atoms with van der Waals surface area (Å²) >= 11 is -0.960. The van der Waals surface area contributed by atoms with Crippen LogP contribution in [0.15, 0.2) is 35.8 Å². The molecule has 25 heavy (non-hydrogen) atoms. The predicted octanol–water partition coefficient (Wildman–Crippen LogP) is 3.65. The van der Waals surface area contributed by atoms with Crippen LogP contribution in [0.1, 0.15) is 43.6 Å². The maximum Gasteiger partial charge on any atom is 0.233 e. The minimum atomic E-state index is -2.35. The van der Waals surface area contributed by atoms with Gasteiger partial charge in [0.1, 0.15) is 0 Å². The van der Waals surface area contributed by atoms with Crippen LogP contribution >= 0.6 is 11.3 Å². The number of benzene rings is 1. The van der Waals surface area contributed by atoms with Gasteiger partial charge in [0, 0.05) is 28.5 Å². The number of carbonyl (C=O) groups excluding carboxylic acids is 1. The number of nitrogens with zero attached hydrogens (tertiary/aromatic N) is 1. The van der Waals surface area contributed by atoms with E-state index in [1.165, 1.54) is 24.2 Å². The lowest BCUT2D eigenvalue weighted by molar-refractivity contribution is -0.118. The Morgan fingerprint density at radius 2 is 2.04 bits per heavy atom. The minimum absolute atomic E-state index is 0.0602. The molecule has 2 N–H and O–H groups in total. The summed E-state index contributed by atoms with van der Waals surface area (Å²) in [6.07, 6.45) is 7.24. The maximum atomic E-state index is 12.8. The summed E-state index contributed by atoms with van der Waals surface area (Å²) in [6.45, 7) is 0. The molecule has 2 unspecified atom stereocenters. The van der Waals surface area contributed by atoms with Gasteiger partial charge in [0.05, 0.1) is 5.92 Å². The topological polar surface area (TPSA) is 94.2 Å². The average Bonchev–Trinajstić information content (AvgIpc) is 3.26. The number of hydrogen-bond donors (Lipinski definition) is 2. The van der Waals surface area contributed by atoms with Crippen LogP contribution in [0.2, 0.25) is 0 Å². The first kappa shape index (κ1) is 18.0. The van der Waals surface area contributed by atoms with Crippen molar-refractivity contribution in [3.8, 4) is 0 Å². The van der Waals surface area contributed by atoms with Crippen molar-refractivity contribution in [2.75, 3.05) is 10.0 Å². The van der Waals surface area contributed by atoms with Gasteiger partial charge in [0.2, 0.25) is 5.91 Å². The van der Waals surface area contributed by atoms with Gasteiger partial charge in [-0.05, 0) is 30.0 Å². The van der Waals surface area contributed by atoms with Crippen LogP contribution in [0.5, 0.6) is 0 Å². The van der Waals surface area contributed by atoms with Gasteiger partial charge >= 0.3 is 0 Å². The molecule has 1 fully saturated rings. The molecule has 0 saturated heterocycles. The fourth-order valence-electron chi connectivity index (χ4n) is 3.33. The second-order valence-electron chi connectivity index (χ2n) is 6.22. The van der Waals surface area contributed by atoms with Gasteiger partial charge in [0.15, 0.2) is 5.13 Å². The van der Waals surface area contributed by atoms with Crippen molar-refractivity contribution in [2.24, 2.45) is 5.92 Å². The smallest absolute Gasteiger partial charge is 0.233 e. The highest BCUT2D eigenvalue weighted by molar-refractivity contribution is 7.80. The van der Waals surface area contributed by atoms with E-state index in [9.17, 15) is 13.6 Å². The second-order valence-corrected chi connectivity index (χ2v) is 7.79. The third-order valence-electron chi connectivity index (χ3n) is 4.54. The van der Waals surface area contributed by atoms with E-state index in [0.717, 1.165) is 24.8 Å². The van der Waals surface area contributed by atoms with Crippen LogP contribution in [-0.2, 0) is 16.1 Å². The van der Waals surface area contributed by atoms with Crippen molar-refractivity contribution in [1.29, 1.82) is 0 Å². The highest BCUT2D eigenvalue weighted by Crippen LogP contribution is 2.35. The molecule has 8 heteroatoms. The number of rotatable bonds is 7. The number of amides is 1. The molecule has 1 aromatic carbocycles. The molecule has 1 saturated carbocycles. The van der Waals surface area contributed by atoms with Crippen LogP contribution in [0.25, 0.3) is 0 Å². The molecule has 6 nitrogen and oxygen atoms in total. The summed E-state index contributed by atoms with van der Waals surface area (Å²) < 4.78 is 23.8. The Balaban J connectivity index is 1.76. The van der Waals surface area contributed by atoms with E-state index in [0.29, 0.717) is 16.7 Å². The van der Waals surface area contributed by atoms with Crippen molar-refractivity contribution in [3.63, 3.8) is 0 Å². The second kappa shape index (κ2) is 8.55. The SMILES string of the molecule is O=C(Nc1nccs1)C(CC1CCCC1)c1ccc(NS(=O)[O-])cc1. The average molecular weight is 378 g/mol. The summed E-state index contributed by atoms with van der Waals surface area (Å²) in [5.74, 6) is 0.229. The molecule has 3 rings (SSSR count). The third-order valence-corrected chi connectivity index (χ3v) is 5.63. The molecule has 1 amide bonds. The molecular weight excluding hydrogens is 358 g/mol. The number of thiazole rings is 1. The van der Waals surface area contributed by atoms with Gasteiger partial charge in [0.25, 0.3) is 0 Å². The summed E-state index contributed by atoms with van der Waals surface area (Å²) in [5, 5.41) is 5.32. The lowest BCUT2D eigenvalue weighted by Gasteiger charge is -2.20. The van der Waals surface area contributed by atoms with Gasteiger partial charge < -0.3 is 14.6 Å². The van der Waals surface area contributed by atoms with Gasteiger partial charge in [-0.15, -0.1) is 11.3 Å². The summed E-state index contributed by atoms with van der Waals surface area (Å²) in [6, 6.07) is 7.00. The normalized spacial score (nSPS) is 17.2. The Bertz CT molecular complexity index is 713. The predicted molar refractivity (Wildman–Crippen MR) is 99.0 cm³/mol. The third kappa shape index (κ3) is 5.10. The molecule has 0 aliphatic heterocycles. The van der Waals surface area contributed by atoms with Gasteiger partial charge in [-0.25, -0.2) is 4.98 Å². The van der Waals surface area contributed by atoms with Crippen molar-refractivity contribution in [3.05, 3.63) is 41.4 Å². The number of aromatic nitrogens is 1. The minimum Gasteiger partial charge on any atom is -0.755 e. The van der Waals surface area contributed by atoms with Gasteiger partial charge in [-0.1, -0.05) is 37.8 Å². The molecule has 0 radical (unpaired) electrons. The molecule has 134 valence electrons. The number of carbonyl (C=O) groups is 1. The van der Waals surface area contributed by atoms with Crippen molar-refractivity contribution >= 4 is 39.3 Å². The highest BCUT2D eigenvalue weighted by Gasteiger charge is 2.27. The van der Waals surface area contributed by atoms with Crippen LogP contribution in [0.4, 0.5) is 10.8 Å². The quantitative estimate of drug-likeness (QED) is 0.719. The highest BCUT2D eigenvalue weighted by atomic mass is 32.2. The summed E-state index contributed by atoms with van der Waals surface area (Å²) in [5.41, 5.74) is 1.38. The molecule has 1 aromatic heterocycles. The Morgan fingerprint density at radius 1 is 1.32 bits per heavy atom. The summed E-state index contributed by atoms with van der Waals surface area (Å²) in [4.78, 5) is 16.9. The molecule has 0 spiro atoms. The Hall–Kier alpha value is -1.77. The Kier molecular flexibility index (Phi) is 6.17. The van der Waals surface area contributed by atoms with E-state index < -0.39 is 11.3 Å². The zero-order valence-corrected chi connectivity index (χ0v) is 15.3. The van der Waals surface area contributed by atoms with Crippen molar-refractivity contribution in [1.82, 2.24) is 4.98 Å². The van der Waals surface area contributed by atoms with Crippen LogP contribution in [0.3, 0.4) is 0 Å². The monoisotopic (exact) mass is 378 g/mol. The van der Waals surface area contributed by atoms with E-state index in [1.807, 2.05) is 17.5 Å². The molecule has 1 heterocycles. The molecule has 0 bridgehead atoms. The van der Waals surface area contributed by atoms with E-state index in [2.05, 4.69) is 15.0 Å². The van der Waals surface area contributed by atoms with Crippen molar-refractivity contribution < 1.29 is 13.6 Å². The van der Waals surface area contributed by atoms with Crippen LogP contribution < -0.4 is 10.0 Å². The van der Waals surface area contributed by atoms with Gasteiger partial charge in [-0.3, -0.25) is 9.00 Å². The first-order valence-electron chi connectivity index (χ1n) is 8.28. The number of nitrogens with one attached hydrogen (secondary N) is 2. The number of hydrogen-bond acceptors (Lipinski definition) is 5. The standard InChI is InChI=1S/C17H21N3O3S2/c21-16(19-17-18-9-10-24-17)15(11-12-3-1-2-4-12)13-5-7-14(8-6-13)20-25(22)23/h5-10,12,15,20H,1-4,11H2,(H,22,23)(H,18,19,21)/p-1. The molecule has 2 aromatic rings. The zero-order chi connectivity index (χ0) is 17.6. The fourth-order valence-corrected chi connectivity index (χ4v) is 4.19. The first-order valence-corrected chi connectivity index (χ1v) is 10.2. The lowest BCUT2D eigenvalue weighted by Crippen LogP contribution is -2.23. The molecule has 2 atom stereocenters. The molecule has 1 aliphatic carbocycles. The molecular formula is C17H20N3O3S2-. The Labute approximate surface area is 153 Å². The zero-order valence-electron chi connectivity index (χ0n) is 13.6. The van der Waals surface area contributed by atoms with Crippen LogP contribution in [-0.4, -0.2) is 19.7 Å². The first-order chi connectivity index (χ1) is 12.1. The van der Waals surface area contributed by atoms with E-state index >= 15 is 0 Å². The molecule has 1 aliphatic rings. The fraction of sp³-hybridized carbons (Fsp3) is 0.412. The van der Waals surface area contributed by atoms with Crippen LogP contribution in [0, 0.1) is 5.92 Å². The lowest BCUT2D eigenvalue weighted by atomic mass is 9.87. The van der Waals surface area contributed by atoms with E-state index in [-0.39, 0.29) is 11.8 Å². The summed E-state index contributed by atoms with van der Waals surface area (Å²) in [7, 11) is 0.